The van der Waals surface area contributed by atoms with Gasteiger partial charge in [0.25, 0.3) is 0 Å². The third-order valence-electron chi connectivity index (χ3n) is 3.60. The van der Waals surface area contributed by atoms with E-state index in [4.69, 9.17) is 5.11 Å². The molecule has 0 saturated carbocycles. The molecule has 0 saturated heterocycles. The molecule has 0 atom stereocenters. The Bertz CT molecular complexity index is 502. The summed E-state index contributed by atoms with van der Waals surface area (Å²) in [4.78, 5) is 26.3. The van der Waals surface area contributed by atoms with E-state index in [0.29, 0.717) is 13.1 Å². The normalized spacial score (nSPS) is 14.2. The summed E-state index contributed by atoms with van der Waals surface area (Å²) in [5.41, 5.74) is 2.52. The first kappa shape index (κ1) is 14.5. The van der Waals surface area contributed by atoms with Crippen LogP contribution in [-0.2, 0) is 22.6 Å². The number of carboxylic acids is 1. The zero-order valence-electron chi connectivity index (χ0n) is 11.7. The van der Waals surface area contributed by atoms with Crippen molar-refractivity contribution in [2.24, 2.45) is 0 Å². The van der Waals surface area contributed by atoms with Crippen molar-refractivity contribution >= 4 is 11.9 Å². The predicted octanol–water partition coefficient (Wildman–Crippen LogP) is 0.978. The van der Waals surface area contributed by atoms with Crippen LogP contribution in [0.15, 0.2) is 24.3 Å². The van der Waals surface area contributed by atoms with Gasteiger partial charge in [-0.05, 0) is 24.6 Å². The highest BCUT2D eigenvalue weighted by molar-refractivity contribution is 5.78. The highest BCUT2D eigenvalue weighted by Gasteiger charge is 2.21. The first-order valence-corrected chi connectivity index (χ1v) is 6.81. The van der Waals surface area contributed by atoms with Crippen LogP contribution in [0.2, 0.25) is 0 Å². The number of benzene rings is 1. The van der Waals surface area contributed by atoms with Gasteiger partial charge in [0.1, 0.15) is 0 Å². The van der Waals surface area contributed by atoms with E-state index >= 15 is 0 Å². The summed E-state index contributed by atoms with van der Waals surface area (Å²) < 4.78 is 0. The molecule has 5 nitrogen and oxygen atoms in total. The Morgan fingerprint density at radius 1 is 1.30 bits per heavy atom. The molecule has 1 aliphatic rings. The summed E-state index contributed by atoms with van der Waals surface area (Å²) in [7, 11) is 1.78. The van der Waals surface area contributed by atoms with Gasteiger partial charge in [-0.15, -0.1) is 0 Å². The van der Waals surface area contributed by atoms with Gasteiger partial charge in [0.2, 0.25) is 5.91 Å². The van der Waals surface area contributed by atoms with Crippen molar-refractivity contribution in [2.75, 3.05) is 26.7 Å². The van der Waals surface area contributed by atoms with Crippen LogP contribution in [0.1, 0.15) is 17.5 Å². The van der Waals surface area contributed by atoms with Crippen LogP contribution < -0.4 is 0 Å². The number of hydrogen-bond donors (Lipinski definition) is 1. The third-order valence-corrected chi connectivity index (χ3v) is 3.60. The quantitative estimate of drug-likeness (QED) is 0.871. The lowest BCUT2D eigenvalue weighted by Crippen LogP contribution is -2.42. The van der Waals surface area contributed by atoms with Gasteiger partial charge in [-0.1, -0.05) is 24.3 Å². The SMILES string of the molecule is CN(CCC(=O)O)CC(=O)N1CCc2ccccc2C1. The van der Waals surface area contributed by atoms with E-state index in [1.807, 2.05) is 17.0 Å². The molecule has 1 amide bonds. The molecule has 0 spiro atoms. The fraction of sp³-hybridized carbons (Fsp3) is 0.467. The zero-order chi connectivity index (χ0) is 14.5. The Balaban J connectivity index is 1.87. The average molecular weight is 276 g/mol. The molecule has 1 N–H and O–H groups in total. The molecule has 0 unspecified atom stereocenters. The lowest BCUT2D eigenvalue weighted by molar-refractivity contribution is -0.138. The van der Waals surface area contributed by atoms with Gasteiger partial charge in [-0.3, -0.25) is 14.5 Å². The molecule has 1 aromatic rings. The standard InChI is InChI=1S/C15H20N2O3/c1-16(8-7-15(19)20)11-14(18)17-9-6-12-4-2-3-5-13(12)10-17/h2-5H,6-11H2,1H3,(H,19,20). The van der Waals surface area contributed by atoms with Crippen molar-refractivity contribution in [1.29, 1.82) is 0 Å². The van der Waals surface area contributed by atoms with E-state index in [2.05, 4.69) is 12.1 Å². The molecule has 0 aliphatic carbocycles. The van der Waals surface area contributed by atoms with Gasteiger partial charge in [0.15, 0.2) is 0 Å². The fourth-order valence-corrected chi connectivity index (χ4v) is 2.41. The van der Waals surface area contributed by atoms with Gasteiger partial charge in [-0.25, -0.2) is 0 Å². The van der Waals surface area contributed by atoms with Crippen molar-refractivity contribution in [1.82, 2.24) is 9.80 Å². The second kappa shape index (κ2) is 6.52. The van der Waals surface area contributed by atoms with E-state index in [0.717, 1.165) is 13.0 Å². The van der Waals surface area contributed by atoms with Crippen molar-refractivity contribution in [2.45, 2.75) is 19.4 Å². The van der Waals surface area contributed by atoms with E-state index in [-0.39, 0.29) is 18.9 Å². The molecule has 5 heteroatoms. The number of amides is 1. The number of nitrogens with zero attached hydrogens (tertiary/aromatic N) is 2. The van der Waals surface area contributed by atoms with Crippen LogP contribution in [0.5, 0.6) is 0 Å². The number of aliphatic carboxylic acids is 1. The van der Waals surface area contributed by atoms with E-state index in [9.17, 15) is 9.59 Å². The maximum absolute atomic E-state index is 12.2. The smallest absolute Gasteiger partial charge is 0.304 e. The molecule has 108 valence electrons. The van der Waals surface area contributed by atoms with Gasteiger partial charge in [0.05, 0.1) is 13.0 Å². The lowest BCUT2D eigenvalue weighted by atomic mass is 10.00. The lowest BCUT2D eigenvalue weighted by Gasteiger charge is -2.30. The third kappa shape index (κ3) is 3.81. The number of carbonyl (C=O) groups is 2. The Hall–Kier alpha value is -1.88. The van der Waals surface area contributed by atoms with Crippen molar-refractivity contribution in [3.05, 3.63) is 35.4 Å². The molecular weight excluding hydrogens is 256 g/mol. The number of carbonyl (C=O) groups excluding carboxylic acids is 1. The monoisotopic (exact) mass is 276 g/mol. The largest absolute Gasteiger partial charge is 0.481 e. The number of carboxylic acid groups (broad SMARTS) is 1. The Kier molecular flexibility index (Phi) is 4.74. The summed E-state index contributed by atoms with van der Waals surface area (Å²) in [5, 5.41) is 8.63. The van der Waals surface area contributed by atoms with Crippen LogP contribution in [0.25, 0.3) is 0 Å². The summed E-state index contributed by atoms with van der Waals surface area (Å²) >= 11 is 0. The maximum Gasteiger partial charge on any atom is 0.304 e. The van der Waals surface area contributed by atoms with Crippen molar-refractivity contribution < 1.29 is 14.7 Å². The second-order valence-electron chi connectivity index (χ2n) is 5.22. The van der Waals surface area contributed by atoms with E-state index in [1.54, 1.807) is 11.9 Å². The average Bonchev–Trinajstić information content (AvgIpc) is 2.44. The fourth-order valence-electron chi connectivity index (χ4n) is 2.41. The minimum atomic E-state index is -0.837. The van der Waals surface area contributed by atoms with E-state index < -0.39 is 5.97 Å². The van der Waals surface area contributed by atoms with Crippen LogP contribution >= 0.6 is 0 Å². The highest BCUT2D eigenvalue weighted by Crippen LogP contribution is 2.18. The van der Waals surface area contributed by atoms with Crippen LogP contribution in [-0.4, -0.2) is 53.5 Å². The minimum Gasteiger partial charge on any atom is -0.481 e. The number of likely N-dealkylation sites (N-methyl/N-ethyl adjacent to an activating group) is 1. The molecule has 1 heterocycles. The Morgan fingerprint density at radius 3 is 2.70 bits per heavy atom. The molecule has 2 rings (SSSR count). The van der Waals surface area contributed by atoms with Crippen LogP contribution in [0, 0.1) is 0 Å². The van der Waals surface area contributed by atoms with E-state index in [1.165, 1.54) is 11.1 Å². The summed E-state index contributed by atoms with van der Waals surface area (Å²) in [6.07, 6.45) is 0.952. The molecule has 20 heavy (non-hydrogen) atoms. The zero-order valence-corrected chi connectivity index (χ0v) is 11.7. The molecule has 1 aliphatic heterocycles. The molecular formula is C15H20N2O3. The Labute approximate surface area is 118 Å². The van der Waals surface area contributed by atoms with Crippen LogP contribution in [0.3, 0.4) is 0 Å². The molecule has 0 fully saturated rings. The number of rotatable bonds is 5. The first-order valence-electron chi connectivity index (χ1n) is 6.81. The highest BCUT2D eigenvalue weighted by atomic mass is 16.4. The summed E-state index contributed by atoms with van der Waals surface area (Å²) in [6, 6.07) is 8.18. The molecule has 0 aromatic heterocycles. The number of hydrogen-bond acceptors (Lipinski definition) is 3. The maximum atomic E-state index is 12.2. The van der Waals surface area contributed by atoms with Gasteiger partial charge in [0, 0.05) is 19.6 Å². The molecule has 0 bridgehead atoms. The van der Waals surface area contributed by atoms with Crippen molar-refractivity contribution in [3.63, 3.8) is 0 Å². The summed E-state index contributed by atoms with van der Waals surface area (Å²) in [6.45, 7) is 2.06. The molecule has 0 radical (unpaired) electrons. The first-order chi connectivity index (χ1) is 9.56. The Morgan fingerprint density at radius 2 is 2.00 bits per heavy atom. The van der Waals surface area contributed by atoms with Gasteiger partial charge >= 0.3 is 5.97 Å². The van der Waals surface area contributed by atoms with Gasteiger partial charge in [-0.2, -0.15) is 0 Å². The topological polar surface area (TPSA) is 60.9 Å². The second-order valence-corrected chi connectivity index (χ2v) is 5.22. The summed E-state index contributed by atoms with van der Waals surface area (Å²) in [5.74, 6) is -0.774. The van der Waals surface area contributed by atoms with Crippen molar-refractivity contribution in [3.8, 4) is 0 Å². The van der Waals surface area contributed by atoms with Crippen LogP contribution in [0.4, 0.5) is 0 Å². The predicted molar refractivity (Wildman–Crippen MR) is 75.3 cm³/mol. The molecule has 1 aromatic carbocycles. The number of fused-ring (bicyclic) bond motifs is 1. The minimum absolute atomic E-state index is 0.0621. The van der Waals surface area contributed by atoms with Gasteiger partial charge < -0.3 is 10.0 Å².